The number of methoxy groups -OCH3 is 1. The molecule has 10 atom stereocenters. The average Bonchev–Trinajstić information content (AvgIpc) is 2.99. The second-order valence-electron chi connectivity index (χ2n) is 10.7. The van der Waals surface area contributed by atoms with E-state index in [0.29, 0.717) is 5.56 Å². The fourth-order valence-corrected chi connectivity index (χ4v) is 5.51. The third-order valence-electron chi connectivity index (χ3n) is 8.01. The number of benzene rings is 2. The number of aryl methyl sites for hydroxylation is 1. The van der Waals surface area contributed by atoms with Crippen LogP contribution in [0.15, 0.2) is 18.2 Å². The van der Waals surface area contributed by atoms with Gasteiger partial charge in [-0.05, 0) is 24.1 Å². The van der Waals surface area contributed by atoms with E-state index in [9.17, 15) is 66.1 Å². The van der Waals surface area contributed by atoms with Crippen molar-refractivity contribution in [2.24, 2.45) is 0 Å². The Morgan fingerprint density at radius 3 is 1.61 bits per heavy atom. The van der Waals surface area contributed by atoms with Crippen LogP contribution in [0.1, 0.15) is 45.7 Å². The molecule has 0 bridgehead atoms. The molecule has 0 unspecified atom stereocenters. The topological polar surface area (TPSA) is 288 Å². The Hall–Kier alpha value is -3.29. The molecule has 2 aromatic carbocycles. The summed E-state index contributed by atoms with van der Waals surface area (Å²) in [4.78, 5) is 13.5. The van der Waals surface area contributed by atoms with E-state index >= 15 is 0 Å². The molecule has 2 heterocycles. The van der Waals surface area contributed by atoms with Crippen molar-refractivity contribution >= 4 is 5.78 Å². The summed E-state index contributed by atoms with van der Waals surface area (Å²) in [7, 11) is 1.34. The van der Waals surface area contributed by atoms with Crippen molar-refractivity contribution < 1.29 is 80.3 Å². The van der Waals surface area contributed by atoms with Gasteiger partial charge in [0.2, 0.25) is 0 Å². The molecule has 0 aromatic heterocycles. The Morgan fingerprint density at radius 2 is 1.20 bits per heavy atom. The number of ketones is 1. The van der Waals surface area contributed by atoms with Crippen LogP contribution in [0.4, 0.5) is 0 Å². The van der Waals surface area contributed by atoms with Crippen molar-refractivity contribution in [2.45, 2.75) is 73.9 Å². The molecule has 0 radical (unpaired) electrons. The van der Waals surface area contributed by atoms with Gasteiger partial charge in [0.1, 0.15) is 83.9 Å². The largest absolute Gasteiger partial charge is 0.507 e. The van der Waals surface area contributed by atoms with Gasteiger partial charge in [0.15, 0.2) is 17.3 Å². The number of aromatic hydroxyl groups is 4. The highest BCUT2D eigenvalue weighted by molar-refractivity contribution is 6.02. The molecule has 0 aliphatic carbocycles. The monoisotopic (exact) mass is 628 g/mol. The van der Waals surface area contributed by atoms with Gasteiger partial charge in [0.05, 0.1) is 31.5 Å². The minimum atomic E-state index is -2.08. The highest BCUT2D eigenvalue weighted by atomic mass is 16.6. The van der Waals surface area contributed by atoms with Crippen LogP contribution in [0.25, 0.3) is 0 Å². The van der Waals surface area contributed by atoms with Crippen molar-refractivity contribution in [3.05, 3.63) is 40.5 Å². The number of aliphatic hydroxyl groups is 8. The van der Waals surface area contributed by atoms with Crippen molar-refractivity contribution in [1.29, 1.82) is 0 Å². The first kappa shape index (κ1) is 33.6. The Morgan fingerprint density at radius 1 is 0.727 bits per heavy atom. The Labute approximate surface area is 249 Å². The molecule has 0 saturated carbocycles. The normalized spacial score (nSPS) is 32.4. The summed E-state index contributed by atoms with van der Waals surface area (Å²) in [5.74, 6) is -4.40. The van der Waals surface area contributed by atoms with Gasteiger partial charge >= 0.3 is 0 Å². The number of carbonyl (C=O) groups excluding carboxylic acids is 1. The van der Waals surface area contributed by atoms with Gasteiger partial charge < -0.3 is 75.5 Å². The van der Waals surface area contributed by atoms with E-state index in [1.807, 2.05) is 0 Å². The van der Waals surface area contributed by atoms with E-state index in [0.717, 1.165) is 0 Å². The molecule has 2 saturated heterocycles. The molecule has 2 fully saturated rings. The second kappa shape index (κ2) is 13.4. The zero-order valence-electron chi connectivity index (χ0n) is 23.3. The lowest BCUT2D eigenvalue weighted by Gasteiger charge is -2.42. The zero-order chi connectivity index (χ0) is 32.6. The number of hydrogen-bond donors (Lipinski definition) is 12. The van der Waals surface area contributed by atoms with Gasteiger partial charge in [-0.25, -0.2) is 0 Å². The summed E-state index contributed by atoms with van der Waals surface area (Å²) in [6.07, 6.45) is -19.2. The van der Waals surface area contributed by atoms with Gasteiger partial charge in [-0.2, -0.15) is 0 Å². The average molecular weight is 629 g/mol. The maximum atomic E-state index is 13.5. The number of phenolic OH excluding ortho intramolecular Hbond substituents is 4. The van der Waals surface area contributed by atoms with Crippen LogP contribution in [0.2, 0.25) is 0 Å². The first-order valence-corrected chi connectivity index (χ1v) is 13.6. The summed E-state index contributed by atoms with van der Waals surface area (Å²) in [6, 6.07) is 4.31. The molecular weight excluding hydrogens is 592 g/mol. The molecule has 2 aromatic rings. The Balaban J connectivity index is 1.85. The number of Topliss-reactive ketones (excluding diaryl/α,β-unsaturated/α-hetero) is 1. The molecule has 16 nitrogen and oxygen atoms in total. The predicted molar refractivity (Wildman–Crippen MR) is 144 cm³/mol. The molecule has 0 amide bonds. The number of aliphatic hydroxyl groups excluding tert-OH is 8. The number of phenols is 4. The van der Waals surface area contributed by atoms with Crippen molar-refractivity contribution in [1.82, 2.24) is 0 Å². The van der Waals surface area contributed by atoms with Gasteiger partial charge in [-0.1, -0.05) is 6.07 Å². The zero-order valence-corrected chi connectivity index (χ0v) is 23.3. The molecular formula is C28H36O16. The van der Waals surface area contributed by atoms with E-state index in [1.165, 1.54) is 19.2 Å². The predicted octanol–water partition coefficient (Wildman–Crippen LogP) is -2.64. The van der Waals surface area contributed by atoms with E-state index in [1.54, 1.807) is 6.07 Å². The van der Waals surface area contributed by atoms with Gasteiger partial charge in [-0.3, -0.25) is 4.79 Å². The fourth-order valence-electron chi connectivity index (χ4n) is 5.51. The van der Waals surface area contributed by atoms with Crippen LogP contribution < -0.4 is 4.74 Å². The van der Waals surface area contributed by atoms with E-state index in [2.05, 4.69) is 0 Å². The smallest absolute Gasteiger partial charge is 0.170 e. The maximum Gasteiger partial charge on any atom is 0.170 e. The quantitative estimate of drug-likeness (QED) is 0.126. The van der Waals surface area contributed by atoms with Crippen LogP contribution in [0.3, 0.4) is 0 Å². The summed E-state index contributed by atoms with van der Waals surface area (Å²) in [5, 5.41) is 126. The summed E-state index contributed by atoms with van der Waals surface area (Å²) >= 11 is 0. The van der Waals surface area contributed by atoms with Crippen molar-refractivity contribution in [3.63, 3.8) is 0 Å². The Bertz CT molecular complexity index is 1280. The molecule has 0 spiro atoms. The first-order valence-electron chi connectivity index (χ1n) is 13.6. The SMILES string of the molecule is COc1ccc(CCC(=O)c2c(O)c([C@@H]3O[C@H](CO)[C@@H](O)[C@H](O)[C@H]3O)c(O)c([C@@H]3O[C@H](CO)[C@@H](O)[C@H](O)[C@H]3O)c2O)cc1O. The highest BCUT2D eigenvalue weighted by Crippen LogP contribution is 2.53. The molecule has 12 N–H and O–H groups in total. The maximum absolute atomic E-state index is 13.5. The van der Waals surface area contributed by atoms with Crippen LogP contribution in [0, 0.1) is 0 Å². The van der Waals surface area contributed by atoms with Crippen LogP contribution >= 0.6 is 0 Å². The van der Waals surface area contributed by atoms with E-state index in [4.69, 9.17) is 14.2 Å². The van der Waals surface area contributed by atoms with Crippen molar-refractivity contribution in [2.75, 3.05) is 20.3 Å². The van der Waals surface area contributed by atoms with Gasteiger partial charge in [0.25, 0.3) is 0 Å². The minimum Gasteiger partial charge on any atom is -0.507 e. The number of ether oxygens (including phenoxy) is 3. The lowest BCUT2D eigenvalue weighted by molar-refractivity contribution is -0.234. The van der Waals surface area contributed by atoms with E-state index in [-0.39, 0.29) is 17.9 Å². The molecule has 244 valence electrons. The first-order chi connectivity index (χ1) is 20.8. The second-order valence-corrected chi connectivity index (χ2v) is 10.7. The minimum absolute atomic E-state index is 0.0547. The molecule has 44 heavy (non-hydrogen) atoms. The summed E-state index contributed by atoms with van der Waals surface area (Å²) in [5.41, 5.74) is -2.04. The molecule has 4 rings (SSSR count). The summed E-state index contributed by atoms with van der Waals surface area (Å²) in [6.45, 7) is -1.78. The van der Waals surface area contributed by atoms with E-state index < -0.39 is 120 Å². The third-order valence-corrected chi connectivity index (χ3v) is 8.01. The lowest BCUT2D eigenvalue weighted by Crippen LogP contribution is -2.55. The summed E-state index contributed by atoms with van der Waals surface area (Å²) < 4.78 is 15.9. The van der Waals surface area contributed by atoms with Gasteiger partial charge in [-0.15, -0.1) is 0 Å². The van der Waals surface area contributed by atoms with Crippen LogP contribution in [-0.4, -0.2) is 136 Å². The number of hydrogen-bond acceptors (Lipinski definition) is 16. The number of carbonyl (C=O) groups is 1. The Kier molecular flexibility index (Phi) is 10.2. The molecule has 2 aliphatic heterocycles. The fraction of sp³-hybridized carbons (Fsp3) is 0.536. The third kappa shape index (κ3) is 5.89. The van der Waals surface area contributed by atoms with Crippen LogP contribution in [0.5, 0.6) is 28.7 Å². The van der Waals surface area contributed by atoms with Crippen LogP contribution in [-0.2, 0) is 15.9 Å². The lowest BCUT2D eigenvalue weighted by atomic mass is 9.83. The van der Waals surface area contributed by atoms with Gasteiger partial charge in [0, 0.05) is 6.42 Å². The highest BCUT2D eigenvalue weighted by Gasteiger charge is 2.50. The molecule has 2 aliphatic rings. The van der Waals surface area contributed by atoms with Crippen molar-refractivity contribution in [3.8, 4) is 28.7 Å². The standard InChI is InChI=1S/C28H36O16/c1-42-12-5-3-9(6-11(12)32)2-4-10(31)15-20(35)16(27-25(40)23(38)18(33)13(7-29)43-27)22(37)17(21(15)36)28-26(41)24(39)19(34)14(8-30)44-28/h3,5-6,13-14,18-19,23-30,32-41H,2,4,7-8H2,1H3/t13-,14-,18-,19-,23+,24+,25-,26-,27+,28+/m1/s1. The number of rotatable bonds is 9. The molecule has 16 heteroatoms.